The van der Waals surface area contributed by atoms with Crippen LogP contribution in [0.15, 0.2) is 78.1 Å². The van der Waals surface area contributed by atoms with Crippen molar-refractivity contribution in [2.24, 2.45) is 0 Å². The number of para-hydroxylation sites is 1. The van der Waals surface area contributed by atoms with Crippen LogP contribution in [0.5, 0.6) is 0 Å². The molecule has 2 heterocycles. The first-order chi connectivity index (χ1) is 14.5. The van der Waals surface area contributed by atoms with Crippen molar-refractivity contribution in [2.75, 3.05) is 4.72 Å². The van der Waals surface area contributed by atoms with Gasteiger partial charge in [0.25, 0.3) is 10.0 Å². The molecule has 0 aliphatic carbocycles. The zero-order chi connectivity index (χ0) is 21.1. The van der Waals surface area contributed by atoms with Gasteiger partial charge in [0.1, 0.15) is 4.90 Å². The lowest BCUT2D eigenvalue weighted by Gasteiger charge is -2.14. The van der Waals surface area contributed by atoms with Crippen LogP contribution in [0.25, 0.3) is 10.9 Å². The summed E-state index contributed by atoms with van der Waals surface area (Å²) in [5, 5.41) is 0.813. The molecule has 2 aromatic heterocycles. The quantitative estimate of drug-likeness (QED) is 0.504. The number of nitrogens with one attached hydrogen (secondary N) is 1. The van der Waals surface area contributed by atoms with Gasteiger partial charge in [-0.3, -0.25) is 14.7 Å². The number of hydrogen-bond donors (Lipinski definition) is 1. The molecule has 30 heavy (non-hydrogen) atoms. The van der Waals surface area contributed by atoms with Gasteiger partial charge in [0, 0.05) is 35.1 Å². The van der Waals surface area contributed by atoms with Gasteiger partial charge in [-0.05, 0) is 55.3 Å². The average molecular weight is 414 g/mol. The van der Waals surface area contributed by atoms with Crippen molar-refractivity contribution in [3.05, 3.63) is 95.4 Å². The molecule has 0 saturated heterocycles. The Kier molecular flexibility index (Phi) is 5.21. The lowest BCUT2D eigenvalue weighted by Crippen LogP contribution is -2.16. The number of nitrogens with zero attached hydrogens (tertiary/aromatic N) is 2. The maximum absolute atomic E-state index is 13.4. The number of fused-ring (bicyclic) bond motifs is 1. The fourth-order valence-corrected chi connectivity index (χ4v) is 4.70. The third-order valence-electron chi connectivity index (χ3n) is 4.72. The topological polar surface area (TPSA) is 72.0 Å². The van der Waals surface area contributed by atoms with E-state index in [1.807, 2.05) is 31.2 Å². The lowest BCUT2D eigenvalue weighted by molar-refractivity contribution is 0.601. The largest absolute Gasteiger partial charge is 0.278 e. The van der Waals surface area contributed by atoms with E-state index in [9.17, 15) is 8.42 Å². The molecule has 0 saturated carbocycles. The van der Waals surface area contributed by atoms with Crippen LogP contribution in [-0.2, 0) is 10.0 Å². The van der Waals surface area contributed by atoms with Crippen LogP contribution >= 0.6 is 0 Å². The summed E-state index contributed by atoms with van der Waals surface area (Å²) in [6.07, 6.45) is 4.96. The standard InChI is InChI=1S/C24H19N3O2S/c1-17-13-15-26-23-21(17)12-9-18(2)24(23)30(28,29)27-22-8-4-3-7-20(22)11-10-19-6-5-14-25-16-19/h3-9,12-16,27H,1-2H3. The number of hydrogen-bond acceptors (Lipinski definition) is 4. The van der Waals surface area contributed by atoms with Gasteiger partial charge in [-0.15, -0.1) is 0 Å². The second-order valence-corrected chi connectivity index (χ2v) is 8.50. The van der Waals surface area contributed by atoms with Crippen LogP contribution in [-0.4, -0.2) is 18.4 Å². The van der Waals surface area contributed by atoms with Crippen LogP contribution in [0.4, 0.5) is 5.69 Å². The van der Waals surface area contributed by atoms with Crippen LogP contribution in [0.3, 0.4) is 0 Å². The van der Waals surface area contributed by atoms with E-state index in [2.05, 4.69) is 26.5 Å². The van der Waals surface area contributed by atoms with E-state index >= 15 is 0 Å². The maximum atomic E-state index is 13.4. The molecule has 148 valence electrons. The van der Waals surface area contributed by atoms with Gasteiger partial charge in [0.15, 0.2) is 0 Å². The summed E-state index contributed by atoms with van der Waals surface area (Å²) in [5.41, 5.74) is 3.80. The summed E-state index contributed by atoms with van der Waals surface area (Å²) in [4.78, 5) is 8.58. The van der Waals surface area contributed by atoms with E-state index in [1.165, 1.54) is 0 Å². The minimum absolute atomic E-state index is 0.179. The Hall–Kier alpha value is -3.69. The first-order valence-corrected chi connectivity index (χ1v) is 10.8. The number of anilines is 1. The highest BCUT2D eigenvalue weighted by molar-refractivity contribution is 7.93. The van der Waals surface area contributed by atoms with Crippen molar-refractivity contribution in [3.63, 3.8) is 0 Å². The molecule has 0 unspecified atom stereocenters. The minimum atomic E-state index is -3.89. The molecule has 6 heteroatoms. The smallest absolute Gasteiger partial charge is 0.264 e. The first-order valence-electron chi connectivity index (χ1n) is 9.34. The third kappa shape index (κ3) is 3.88. The number of aryl methyl sites for hydroxylation is 2. The summed E-state index contributed by atoms with van der Waals surface area (Å²) in [6, 6.07) is 16.3. The zero-order valence-corrected chi connectivity index (χ0v) is 17.4. The van der Waals surface area contributed by atoms with Gasteiger partial charge in [-0.2, -0.15) is 0 Å². The van der Waals surface area contributed by atoms with Gasteiger partial charge in [0.2, 0.25) is 0 Å². The molecule has 4 rings (SSSR count). The Bertz CT molecular complexity index is 1400. The van der Waals surface area contributed by atoms with E-state index in [0.29, 0.717) is 22.3 Å². The number of pyridine rings is 2. The van der Waals surface area contributed by atoms with Gasteiger partial charge in [-0.1, -0.05) is 36.1 Å². The summed E-state index contributed by atoms with van der Waals surface area (Å²) < 4.78 is 29.4. The normalized spacial score (nSPS) is 11.0. The van der Waals surface area contributed by atoms with Gasteiger partial charge in [-0.25, -0.2) is 8.42 Å². The molecule has 0 bridgehead atoms. The zero-order valence-electron chi connectivity index (χ0n) is 16.5. The second-order valence-electron chi connectivity index (χ2n) is 6.88. The molecule has 5 nitrogen and oxygen atoms in total. The Labute approximate surface area is 175 Å². The van der Waals surface area contributed by atoms with E-state index in [-0.39, 0.29) is 4.90 Å². The van der Waals surface area contributed by atoms with Crippen molar-refractivity contribution in [1.82, 2.24) is 9.97 Å². The second kappa shape index (κ2) is 7.97. The summed E-state index contributed by atoms with van der Waals surface area (Å²) >= 11 is 0. The summed E-state index contributed by atoms with van der Waals surface area (Å²) in [6.45, 7) is 3.71. The van der Waals surface area contributed by atoms with Crippen molar-refractivity contribution in [3.8, 4) is 11.8 Å². The first kappa shape index (κ1) is 19.6. The molecule has 0 aliphatic heterocycles. The van der Waals surface area contributed by atoms with Crippen molar-refractivity contribution in [1.29, 1.82) is 0 Å². The number of aromatic nitrogens is 2. The van der Waals surface area contributed by atoms with Crippen LogP contribution in [0, 0.1) is 25.7 Å². The average Bonchev–Trinajstić information content (AvgIpc) is 2.73. The molecule has 0 atom stereocenters. The van der Waals surface area contributed by atoms with E-state index in [1.54, 1.807) is 55.8 Å². The van der Waals surface area contributed by atoms with Gasteiger partial charge in [0.05, 0.1) is 11.2 Å². The lowest BCUT2D eigenvalue weighted by atomic mass is 10.1. The highest BCUT2D eigenvalue weighted by Gasteiger charge is 2.22. The van der Waals surface area contributed by atoms with E-state index in [0.717, 1.165) is 16.5 Å². The Morgan fingerprint density at radius 1 is 0.867 bits per heavy atom. The monoisotopic (exact) mass is 413 g/mol. The molecule has 0 amide bonds. The maximum Gasteiger partial charge on any atom is 0.264 e. The van der Waals surface area contributed by atoms with Crippen molar-refractivity contribution in [2.45, 2.75) is 18.7 Å². The van der Waals surface area contributed by atoms with Gasteiger partial charge < -0.3 is 0 Å². The fourth-order valence-electron chi connectivity index (χ4n) is 3.22. The SMILES string of the molecule is Cc1ccc2c(C)ccnc2c1S(=O)(=O)Nc1ccccc1C#Cc1cccnc1. The van der Waals surface area contributed by atoms with Crippen LogP contribution in [0.2, 0.25) is 0 Å². The van der Waals surface area contributed by atoms with E-state index in [4.69, 9.17) is 0 Å². The van der Waals surface area contributed by atoms with Crippen molar-refractivity contribution < 1.29 is 8.42 Å². The predicted octanol–water partition coefficient (Wildman–Crippen LogP) is 4.45. The Balaban J connectivity index is 1.78. The minimum Gasteiger partial charge on any atom is -0.278 e. The Morgan fingerprint density at radius 3 is 2.50 bits per heavy atom. The van der Waals surface area contributed by atoms with Crippen LogP contribution < -0.4 is 4.72 Å². The third-order valence-corrected chi connectivity index (χ3v) is 6.27. The summed E-state index contributed by atoms with van der Waals surface area (Å²) in [5.74, 6) is 6.05. The number of sulfonamides is 1. The Morgan fingerprint density at radius 2 is 1.70 bits per heavy atom. The molecule has 2 aromatic carbocycles. The molecular formula is C24H19N3O2S. The molecule has 0 fully saturated rings. The van der Waals surface area contributed by atoms with Crippen LogP contribution in [0.1, 0.15) is 22.3 Å². The highest BCUT2D eigenvalue weighted by Crippen LogP contribution is 2.29. The molecular weight excluding hydrogens is 394 g/mol. The number of rotatable bonds is 3. The fraction of sp³-hybridized carbons (Fsp3) is 0.0833. The predicted molar refractivity (Wildman–Crippen MR) is 119 cm³/mol. The molecule has 0 aliphatic rings. The highest BCUT2D eigenvalue weighted by atomic mass is 32.2. The number of benzene rings is 2. The van der Waals surface area contributed by atoms with E-state index < -0.39 is 10.0 Å². The molecule has 0 radical (unpaired) electrons. The van der Waals surface area contributed by atoms with Gasteiger partial charge >= 0.3 is 0 Å². The molecule has 0 spiro atoms. The van der Waals surface area contributed by atoms with Crippen molar-refractivity contribution >= 4 is 26.6 Å². The summed E-state index contributed by atoms with van der Waals surface area (Å²) in [7, 11) is -3.89. The molecule has 4 aromatic rings. The molecule has 1 N–H and O–H groups in total.